The second-order valence-electron chi connectivity index (χ2n) is 7.11. The van der Waals surface area contributed by atoms with Crippen molar-refractivity contribution >= 4 is 44.5 Å². The van der Waals surface area contributed by atoms with Crippen LogP contribution in [-0.4, -0.2) is 13.0 Å². The van der Waals surface area contributed by atoms with Crippen molar-refractivity contribution in [1.82, 2.24) is 0 Å². The van der Waals surface area contributed by atoms with Gasteiger partial charge in [0, 0.05) is 16.7 Å². The fourth-order valence-corrected chi connectivity index (χ4v) is 6.89. The van der Waals surface area contributed by atoms with Gasteiger partial charge in [-0.3, -0.25) is 9.69 Å². The van der Waals surface area contributed by atoms with Crippen LogP contribution in [0.15, 0.2) is 42.5 Å². The third kappa shape index (κ3) is 2.83. The van der Waals surface area contributed by atoms with Crippen LogP contribution in [0.25, 0.3) is 11.1 Å². The maximum Gasteiger partial charge on any atom is 0.259 e. The first-order chi connectivity index (χ1) is 12.8. The Kier molecular flexibility index (Phi) is 4.45. The molecule has 0 fully saturated rings. The maximum absolute atomic E-state index is 13.6. The number of rotatable bonds is 2. The van der Waals surface area contributed by atoms with E-state index in [0.717, 1.165) is 36.8 Å². The zero-order chi connectivity index (χ0) is 19.3. The largest absolute Gasteiger partial charge is 0.497 e. The van der Waals surface area contributed by atoms with Gasteiger partial charge in [0.15, 0.2) is 0 Å². The van der Waals surface area contributed by atoms with Gasteiger partial charge in [-0.05, 0) is 51.1 Å². The number of fused-ring (bicyclic) bond motifs is 3. The van der Waals surface area contributed by atoms with Crippen LogP contribution in [0.4, 0.5) is 5.69 Å². The number of anilines is 1. The molecule has 1 amide bonds. The molecule has 0 bridgehead atoms. The number of ether oxygens (including phenoxy) is 1. The van der Waals surface area contributed by atoms with Gasteiger partial charge in [-0.25, -0.2) is 0 Å². The SMILES string of the molecule is COc1ccc2c(c1)-c1c(ssc1=S)C(C)(C)N2C(=O)c1cccc(C)c1. The van der Waals surface area contributed by atoms with E-state index < -0.39 is 5.54 Å². The van der Waals surface area contributed by atoms with Crippen LogP contribution >= 0.6 is 32.9 Å². The summed E-state index contributed by atoms with van der Waals surface area (Å²) in [4.78, 5) is 16.6. The molecule has 0 saturated carbocycles. The van der Waals surface area contributed by atoms with E-state index in [1.54, 1.807) is 27.8 Å². The van der Waals surface area contributed by atoms with Gasteiger partial charge >= 0.3 is 0 Å². The van der Waals surface area contributed by atoms with Crippen molar-refractivity contribution in [3.05, 3.63) is 62.3 Å². The molecule has 0 unspecified atom stereocenters. The molecule has 3 aromatic rings. The lowest BCUT2D eigenvalue weighted by molar-refractivity contribution is 0.0961. The standard InChI is InChI=1S/C21H19NO2S3/c1-12-6-5-7-13(10-12)19(23)22-16-9-8-14(24-4)11-15(16)17-18(21(22,2)3)26-27-20(17)25/h5-11H,1-4H3. The van der Waals surface area contributed by atoms with Crippen molar-refractivity contribution in [3.63, 3.8) is 0 Å². The second kappa shape index (κ2) is 6.55. The topological polar surface area (TPSA) is 29.5 Å². The molecule has 0 atom stereocenters. The molecule has 3 nitrogen and oxygen atoms in total. The number of carbonyl (C=O) groups is 1. The number of methoxy groups -OCH3 is 1. The first-order valence-electron chi connectivity index (χ1n) is 8.58. The van der Waals surface area contributed by atoms with Gasteiger partial charge in [-0.1, -0.05) is 50.6 Å². The third-order valence-electron chi connectivity index (χ3n) is 4.93. The monoisotopic (exact) mass is 413 g/mol. The van der Waals surface area contributed by atoms with Crippen LogP contribution in [-0.2, 0) is 5.54 Å². The van der Waals surface area contributed by atoms with Crippen molar-refractivity contribution in [1.29, 1.82) is 0 Å². The number of carbonyl (C=O) groups excluding carboxylic acids is 1. The molecule has 0 saturated heterocycles. The van der Waals surface area contributed by atoms with Crippen LogP contribution in [0.5, 0.6) is 5.75 Å². The molecule has 2 aromatic carbocycles. The molecule has 0 N–H and O–H groups in total. The van der Waals surface area contributed by atoms with Crippen molar-refractivity contribution in [2.75, 3.05) is 12.0 Å². The predicted molar refractivity (Wildman–Crippen MR) is 116 cm³/mol. The molecule has 138 valence electrons. The summed E-state index contributed by atoms with van der Waals surface area (Å²) in [6.45, 7) is 6.18. The highest BCUT2D eigenvalue weighted by Crippen LogP contribution is 2.53. The molecule has 0 aliphatic carbocycles. The zero-order valence-corrected chi connectivity index (χ0v) is 18.0. The molecule has 1 aliphatic rings. The van der Waals surface area contributed by atoms with Gasteiger partial charge in [-0.2, -0.15) is 0 Å². The third-order valence-corrected chi connectivity index (χ3v) is 8.26. The number of benzene rings is 2. The van der Waals surface area contributed by atoms with Crippen molar-refractivity contribution in [3.8, 4) is 16.9 Å². The van der Waals surface area contributed by atoms with Gasteiger partial charge < -0.3 is 4.74 Å². The molecular weight excluding hydrogens is 394 g/mol. The summed E-state index contributed by atoms with van der Waals surface area (Å²) in [5.41, 5.74) is 4.16. The Labute approximate surface area is 171 Å². The predicted octanol–water partition coefficient (Wildman–Crippen LogP) is 6.42. The van der Waals surface area contributed by atoms with Gasteiger partial charge in [0.1, 0.15) is 9.57 Å². The second-order valence-corrected chi connectivity index (χ2v) is 9.93. The molecule has 1 aliphatic heterocycles. The first-order valence-corrected chi connectivity index (χ1v) is 11.1. The summed E-state index contributed by atoms with van der Waals surface area (Å²) in [6.07, 6.45) is 0. The number of hydrogen-bond acceptors (Lipinski definition) is 5. The molecule has 0 spiro atoms. The number of hydrogen-bond donors (Lipinski definition) is 0. The fourth-order valence-electron chi connectivity index (χ4n) is 3.61. The smallest absolute Gasteiger partial charge is 0.259 e. The molecule has 6 heteroatoms. The van der Waals surface area contributed by atoms with E-state index in [1.807, 2.05) is 54.3 Å². The number of nitrogens with zero attached hydrogens (tertiary/aromatic N) is 1. The van der Waals surface area contributed by atoms with E-state index >= 15 is 0 Å². The van der Waals surface area contributed by atoms with Crippen LogP contribution in [0.1, 0.15) is 34.6 Å². The van der Waals surface area contributed by atoms with E-state index in [-0.39, 0.29) is 5.91 Å². The first kappa shape index (κ1) is 18.3. The van der Waals surface area contributed by atoms with E-state index in [0.29, 0.717) is 5.56 Å². The minimum absolute atomic E-state index is 0.00918. The van der Waals surface area contributed by atoms with Crippen LogP contribution in [0, 0.1) is 10.7 Å². The molecule has 1 aromatic heterocycles. The highest BCUT2D eigenvalue weighted by atomic mass is 32.9. The molecule has 0 radical (unpaired) electrons. The highest BCUT2D eigenvalue weighted by Gasteiger charge is 2.43. The van der Waals surface area contributed by atoms with Crippen molar-refractivity contribution in [2.45, 2.75) is 26.3 Å². The Bertz CT molecular complexity index is 1110. The molecular formula is C21H19NO2S3. The van der Waals surface area contributed by atoms with Crippen LogP contribution in [0.3, 0.4) is 0 Å². The quantitative estimate of drug-likeness (QED) is 0.359. The Morgan fingerprint density at radius 1 is 1.15 bits per heavy atom. The Balaban J connectivity index is 1.98. The van der Waals surface area contributed by atoms with Crippen LogP contribution in [0.2, 0.25) is 0 Å². The maximum atomic E-state index is 13.6. The minimum atomic E-state index is -0.490. The lowest BCUT2D eigenvalue weighted by Crippen LogP contribution is -2.47. The van der Waals surface area contributed by atoms with Crippen LogP contribution < -0.4 is 9.64 Å². The lowest BCUT2D eigenvalue weighted by atomic mass is 9.86. The average molecular weight is 414 g/mol. The Hall–Kier alpha value is -2.02. The average Bonchev–Trinajstić information content (AvgIpc) is 3.04. The van der Waals surface area contributed by atoms with Gasteiger partial charge in [0.25, 0.3) is 5.91 Å². The number of aryl methyl sites for hydroxylation is 1. The molecule has 2 heterocycles. The minimum Gasteiger partial charge on any atom is -0.497 e. The molecule has 27 heavy (non-hydrogen) atoms. The summed E-state index contributed by atoms with van der Waals surface area (Å²) < 4.78 is 6.29. The highest BCUT2D eigenvalue weighted by molar-refractivity contribution is 7.80. The lowest BCUT2D eigenvalue weighted by Gasteiger charge is -2.43. The fraction of sp³-hybridized carbons (Fsp3) is 0.238. The van der Waals surface area contributed by atoms with E-state index in [2.05, 4.69) is 13.8 Å². The summed E-state index contributed by atoms with van der Waals surface area (Å²) in [5, 5.41) is 0. The van der Waals surface area contributed by atoms with E-state index in [4.69, 9.17) is 17.0 Å². The summed E-state index contributed by atoms with van der Waals surface area (Å²) in [6, 6.07) is 13.6. The van der Waals surface area contributed by atoms with E-state index in [9.17, 15) is 4.79 Å². The van der Waals surface area contributed by atoms with Crippen molar-refractivity contribution < 1.29 is 9.53 Å². The summed E-state index contributed by atoms with van der Waals surface area (Å²) >= 11 is 5.63. The van der Waals surface area contributed by atoms with Gasteiger partial charge in [0.05, 0.1) is 23.2 Å². The summed E-state index contributed by atoms with van der Waals surface area (Å²) in [5.74, 6) is 0.748. The normalized spacial score (nSPS) is 14.4. The van der Waals surface area contributed by atoms with Gasteiger partial charge in [-0.15, -0.1) is 0 Å². The van der Waals surface area contributed by atoms with Gasteiger partial charge in [0.2, 0.25) is 0 Å². The van der Waals surface area contributed by atoms with Crippen molar-refractivity contribution in [2.24, 2.45) is 0 Å². The Morgan fingerprint density at radius 2 is 1.93 bits per heavy atom. The number of amides is 1. The zero-order valence-electron chi connectivity index (χ0n) is 15.5. The molecule has 4 rings (SSSR count). The summed E-state index contributed by atoms with van der Waals surface area (Å²) in [7, 11) is 4.90. The van der Waals surface area contributed by atoms with E-state index in [1.165, 1.54) is 0 Å². The Morgan fingerprint density at radius 3 is 2.63 bits per heavy atom.